The third-order valence-electron chi connectivity index (χ3n) is 4.55. The van der Waals surface area contributed by atoms with Gasteiger partial charge in [-0.05, 0) is 50.6 Å². The highest BCUT2D eigenvalue weighted by Gasteiger charge is 2.26. The molecule has 0 aromatic heterocycles. The van der Waals surface area contributed by atoms with E-state index in [0.29, 0.717) is 18.7 Å². The van der Waals surface area contributed by atoms with Crippen molar-refractivity contribution >= 4 is 33.0 Å². The van der Waals surface area contributed by atoms with Crippen LogP contribution in [0.3, 0.4) is 0 Å². The average molecular weight is 386 g/mol. The summed E-state index contributed by atoms with van der Waals surface area (Å²) in [5.74, 6) is -0.438. The molecule has 1 aliphatic rings. The smallest absolute Gasteiger partial charge is 0.256 e. The molecule has 0 spiro atoms. The van der Waals surface area contributed by atoms with Gasteiger partial charge in [0.2, 0.25) is 5.91 Å². The molecular weight excluding hydrogens is 364 g/mol. The van der Waals surface area contributed by atoms with Gasteiger partial charge in [-0.2, -0.15) is 0 Å². The topological polar surface area (TPSA) is 83.6 Å². The second kappa shape index (κ2) is 7.52. The summed E-state index contributed by atoms with van der Waals surface area (Å²) < 4.78 is 25.1. The molecule has 1 aliphatic heterocycles. The number of carbonyl (C=O) groups is 2. The van der Waals surface area contributed by atoms with Crippen LogP contribution < -0.4 is 10.2 Å². The molecule has 0 saturated carbocycles. The highest BCUT2D eigenvalue weighted by molar-refractivity contribution is 7.92. The van der Waals surface area contributed by atoms with Gasteiger partial charge in [-0.25, -0.2) is 8.42 Å². The minimum atomic E-state index is -3.59. The summed E-state index contributed by atoms with van der Waals surface area (Å²) >= 11 is 0. The zero-order valence-electron chi connectivity index (χ0n) is 15.3. The minimum Gasteiger partial charge on any atom is -0.322 e. The van der Waals surface area contributed by atoms with Gasteiger partial charge < -0.3 is 10.2 Å². The fourth-order valence-corrected chi connectivity index (χ4v) is 4.27. The summed E-state index contributed by atoms with van der Waals surface area (Å²) in [6.07, 6.45) is 1.34. The monoisotopic (exact) mass is 386 g/mol. The van der Waals surface area contributed by atoms with Crippen molar-refractivity contribution in [3.8, 4) is 0 Å². The van der Waals surface area contributed by atoms with Crippen molar-refractivity contribution in [1.82, 2.24) is 0 Å². The van der Waals surface area contributed by atoms with Gasteiger partial charge in [0.15, 0.2) is 9.84 Å². The molecule has 0 radical (unpaired) electrons. The van der Waals surface area contributed by atoms with Crippen LogP contribution in [0.2, 0.25) is 0 Å². The number of carbonyl (C=O) groups excluding carboxylic acids is 2. The lowest BCUT2D eigenvalue weighted by atomic mass is 10.2. The van der Waals surface area contributed by atoms with Crippen LogP contribution in [-0.4, -0.2) is 32.0 Å². The summed E-state index contributed by atoms with van der Waals surface area (Å²) in [4.78, 5) is 26.4. The summed E-state index contributed by atoms with van der Waals surface area (Å²) in [5.41, 5.74) is 1.33. The van der Waals surface area contributed by atoms with Crippen LogP contribution in [0.1, 0.15) is 37.0 Å². The Morgan fingerprint density at radius 3 is 2.52 bits per heavy atom. The first-order valence-corrected chi connectivity index (χ1v) is 10.4. The number of amides is 2. The number of nitrogens with one attached hydrogen (secondary N) is 1. The predicted octanol–water partition coefficient (Wildman–Crippen LogP) is 3.25. The maximum absolute atomic E-state index is 12.7. The molecule has 2 amide bonds. The average Bonchev–Trinajstić information content (AvgIpc) is 3.07. The second-order valence-electron chi connectivity index (χ2n) is 6.74. The van der Waals surface area contributed by atoms with Crippen molar-refractivity contribution in [2.45, 2.75) is 36.8 Å². The summed E-state index contributed by atoms with van der Waals surface area (Å²) in [6.45, 7) is 3.83. The number of benzene rings is 2. The number of anilines is 2. The van der Waals surface area contributed by atoms with Crippen LogP contribution in [0, 0.1) is 0 Å². The number of hydrogen-bond acceptors (Lipinski definition) is 4. The highest BCUT2D eigenvalue weighted by atomic mass is 32.2. The zero-order valence-corrected chi connectivity index (χ0v) is 16.1. The van der Waals surface area contributed by atoms with Gasteiger partial charge in [-0.15, -0.1) is 0 Å². The third kappa shape index (κ3) is 3.88. The van der Waals surface area contributed by atoms with Crippen LogP contribution in [0.15, 0.2) is 53.4 Å². The lowest BCUT2D eigenvalue weighted by molar-refractivity contribution is -0.117. The predicted molar refractivity (Wildman–Crippen MR) is 105 cm³/mol. The lowest BCUT2D eigenvalue weighted by Crippen LogP contribution is -2.24. The Kier molecular flexibility index (Phi) is 5.32. The number of rotatable bonds is 5. The summed E-state index contributed by atoms with van der Waals surface area (Å²) in [5, 5.41) is 2.12. The van der Waals surface area contributed by atoms with E-state index in [2.05, 4.69) is 5.32 Å². The molecule has 1 fully saturated rings. The van der Waals surface area contributed by atoms with Crippen molar-refractivity contribution in [2.75, 3.05) is 16.8 Å². The first-order valence-electron chi connectivity index (χ1n) is 8.85. The van der Waals surface area contributed by atoms with Crippen LogP contribution in [0.4, 0.5) is 11.4 Å². The Balaban J connectivity index is 1.88. The number of sulfone groups is 1. The van der Waals surface area contributed by atoms with E-state index in [1.807, 2.05) is 6.07 Å². The maximum atomic E-state index is 12.7. The Labute approximate surface area is 159 Å². The molecule has 2 aromatic rings. The lowest BCUT2D eigenvalue weighted by Gasteiger charge is -2.17. The standard InChI is InChI=1S/C20H22N2O4S/c1-14(2)27(25,26)18-10-4-3-9-17(18)20(24)21-15-7-5-8-16(13-15)22-12-6-11-19(22)23/h3-5,7-10,13-14H,6,11-12H2,1-2H3,(H,21,24). The van der Waals surface area contributed by atoms with Gasteiger partial charge in [0.25, 0.3) is 5.91 Å². The molecule has 27 heavy (non-hydrogen) atoms. The van der Waals surface area contributed by atoms with Gasteiger partial charge in [-0.1, -0.05) is 18.2 Å². The normalized spacial score (nSPS) is 14.6. The van der Waals surface area contributed by atoms with Crippen LogP contribution in [0.25, 0.3) is 0 Å². The van der Waals surface area contributed by atoms with E-state index < -0.39 is 21.0 Å². The molecular formula is C20H22N2O4S. The fraction of sp³-hybridized carbons (Fsp3) is 0.300. The van der Waals surface area contributed by atoms with E-state index in [1.54, 1.807) is 49.1 Å². The van der Waals surface area contributed by atoms with Crippen molar-refractivity contribution in [3.05, 3.63) is 54.1 Å². The first kappa shape index (κ1) is 19.1. The fourth-order valence-electron chi connectivity index (χ4n) is 3.03. The Morgan fingerprint density at radius 1 is 1.11 bits per heavy atom. The van der Waals surface area contributed by atoms with Crippen LogP contribution >= 0.6 is 0 Å². The SMILES string of the molecule is CC(C)S(=O)(=O)c1ccccc1C(=O)Nc1cccc(N2CCCC2=O)c1. The van der Waals surface area contributed by atoms with Crippen molar-refractivity contribution in [1.29, 1.82) is 0 Å². The molecule has 6 nitrogen and oxygen atoms in total. The molecule has 1 heterocycles. The Hall–Kier alpha value is -2.67. The van der Waals surface area contributed by atoms with Gasteiger partial charge in [-0.3, -0.25) is 9.59 Å². The van der Waals surface area contributed by atoms with Crippen molar-refractivity contribution in [3.63, 3.8) is 0 Å². The molecule has 3 rings (SSSR count). The number of nitrogens with zero attached hydrogens (tertiary/aromatic N) is 1. The Morgan fingerprint density at radius 2 is 1.85 bits per heavy atom. The second-order valence-corrected chi connectivity index (χ2v) is 9.22. The zero-order chi connectivity index (χ0) is 19.6. The molecule has 0 atom stereocenters. The van der Waals surface area contributed by atoms with Gasteiger partial charge in [0, 0.05) is 24.3 Å². The van der Waals surface area contributed by atoms with Gasteiger partial charge >= 0.3 is 0 Å². The maximum Gasteiger partial charge on any atom is 0.256 e. The Bertz CT molecular complexity index is 983. The molecule has 2 aromatic carbocycles. The molecule has 0 unspecified atom stereocenters. The van der Waals surface area contributed by atoms with Crippen molar-refractivity contribution < 1.29 is 18.0 Å². The van der Waals surface area contributed by atoms with Crippen molar-refractivity contribution in [2.24, 2.45) is 0 Å². The van der Waals surface area contributed by atoms with E-state index in [1.165, 1.54) is 12.1 Å². The molecule has 142 valence electrons. The largest absolute Gasteiger partial charge is 0.322 e. The highest BCUT2D eigenvalue weighted by Crippen LogP contribution is 2.26. The van der Waals surface area contributed by atoms with Crippen LogP contribution in [0.5, 0.6) is 0 Å². The molecule has 1 N–H and O–H groups in total. The van der Waals surface area contributed by atoms with Gasteiger partial charge in [0.1, 0.15) is 0 Å². The van der Waals surface area contributed by atoms with Gasteiger partial charge in [0.05, 0.1) is 15.7 Å². The molecule has 0 aliphatic carbocycles. The van der Waals surface area contributed by atoms with E-state index in [-0.39, 0.29) is 16.4 Å². The molecule has 0 bridgehead atoms. The molecule has 7 heteroatoms. The molecule has 1 saturated heterocycles. The summed E-state index contributed by atoms with van der Waals surface area (Å²) in [6, 6.07) is 13.2. The first-order chi connectivity index (χ1) is 12.8. The quantitative estimate of drug-likeness (QED) is 0.855. The van der Waals surface area contributed by atoms with E-state index in [9.17, 15) is 18.0 Å². The van der Waals surface area contributed by atoms with Crippen LogP contribution in [-0.2, 0) is 14.6 Å². The van der Waals surface area contributed by atoms with E-state index >= 15 is 0 Å². The summed E-state index contributed by atoms with van der Waals surface area (Å²) in [7, 11) is -3.59. The third-order valence-corrected chi connectivity index (χ3v) is 6.76. The minimum absolute atomic E-state index is 0.0170. The van der Waals surface area contributed by atoms with E-state index in [4.69, 9.17) is 0 Å². The number of hydrogen-bond donors (Lipinski definition) is 1. The van der Waals surface area contributed by atoms with E-state index in [0.717, 1.165) is 12.1 Å².